The topological polar surface area (TPSA) is 68.5 Å². The summed E-state index contributed by atoms with van der Waals surface area (Å²) < 4.78 is 41.0. The van der Waals surface area contributed by atoms with Gasteiger partial charge in [-0.15, -0.1) is 0 Å². The molecule has 3 rings (SSSR count). The van der Waals surface area contributed by atoms with Crippen molar-refractivity contribution < 1.29 is 13.2 Å². The van der Waals surface area contributed by atoms with Crippen LogP contribution in [0.3, 0.4) is 0 Å². The largest absolute Gasteiger partial charge is 0.433 e. The minimum absolute atomic E-state index is 0.0761. The first-order valence-electron chi connectivity index (χ1n) is 7.52. The first kappa shape index (κ1) is 16.9. The average molecular weight is 348 g/mol. The van der Waals surface area contributed by atoms with Crippen molar-refractivity contribution in [3.05, 3.63) is 54.1 Å². The van der Waals surface area contributed by atoms with Gasteiger partial charge in [0.05, 0.1) is 12.7 Å². The molecule has 0 aromatic carbocycles. The minimum Gasteiger partial charge on any atom is -0.368 e. The summed E-state index contributed by atoms with van der Waals surface area (Å²) in [5.74, 6) is 0.0136. The van der Waals surface area contributed by atoms with Crippen molar-refractivity contribution in [1.29, 1.82) is 0 Å². The van der Waals surface area contributed by atoms with Gasteiger partial charge in [0.15, 0.2) is 11.5 Å². The lowest BCUT2D eigenvalue weighted by molar-refractivity contribution is -0.141. The smallest absolute Gasteiger partial charge is 0.368 e. The molecule has 3 aromatic rings. The molecule has 0 atom stereocenters. The molecule has 9 heteroatoms. The van der Waals surface area contributed by atoms with Crippen LogP contribution in [0.5, 0.6) is 0 Å². The summed E-state index contributed by atoms with van der Waals surface area (Å²) in [5.41, 5.74) is 0.277. The maximum Gasteiger partial charge on any atom is 0.433 e. The maximum absolute atomic E-state index is 13.1. The number of pyridine rings is 1. The molecule has 0 fully saturated rings. The Balaban J connectivity index is 1.82. The summed E-state index contributed by atoms with van der Waals surface area (Å²) in [5, 5.41) is 7.01. The van der Waals surface area contributed by atoms with Crippen molar-refractivity contribution in [2.75, 3.05) is 11.9 Å². The molecule has 0 radical (unpaired) electrons. The van der Waals surface area contributed by atoms with Gasteiger partial charge in [0.25, 0.3) is 0 Å². The van der Waals surface area contributed by atoms with E-state index in [0.29, 0.717) is 13.1 Å². The highest BCUT2D eigenvalue weighted by Gasteiger charge is 2.34. The molecule has 0 aliphatic carbocycles. The van der Waals surface area contributed by atoms with Crippen molar-refractivity contribution >= 4 is 5.82 Å². The highest BCUT2D eigenvalue weighted by Crippen LogP contribution is 2.30. The predicted octanol–water partition coefficient (Wildman–Crippen LogP) is 3.17. The number of anilines is 1. The fourth-order valence-corrected chi connectivity index (χ4v) is 2.18. The molecule has 0 amide bonds. The van der Waals surface area contributed by atoms with E-state index in [4.69, 9.17) is 0 Å². The van der Waals surface area contributed by atoms with Gasteiger partial charge >= 0.3 is 6.18 Å². The molecule has 130 valence electrons. The maximum atomic E-state index is 13.1. The van der Waals surface area contributed by atoms with Crippen molar-refractivity contribution in [1.82, 2.24) is 24.7 Å². The second-order valence-corrected chi connectivity index (χ2v) is 5.38. The second kappa shape index (κ2) is 6.88. The molecule has 0 spiro atoms. The Kier molecular flexibility index (Phi) is 4.64. The van der Waals surface area contributed by atoms with Gasteiger partial charge in [-0.25, -0.2) is 9.97 Å². The van der Waals surface area contributed by atoms with Gasteiger partial charge in [0, 0.05) is 25.0 Å². The van der Waals surface area contributed by atoms with Gasteiger partial charge in [-0.2, -0.15) is 18.3 Å². The summed E-state index contributed by atoms with van der Waals surface area (Å²) in [6, 6.07) is 5.79. The van der Waals surface area contributed by atoms with Crippen LogP contribution in [0.2, 0.25) is 0 Å². The Morgan fingerprint density at radius 1 is 1.20 bits per heavy atom. The molecule has 3 aromatic heterocycles. The van der Waals surface area contributed by atoms with Crippen LogP contribution in [0.1, 0.15) is 11.3 Å². The zero-order valence-corrected chi connectivity index (χ0v) is 13.3. The predicted molar refractivity (Wildman–Crippen MR) is 85.7 cm³/mol. The lowest BCUT2D eigenvalue weighted by Crippen LogP contribution is -2.15. The van der Waals surface area contributed by atoms with E-state index in [1.165, 1.54) is 6.20 Å². The molecule has 0 saturated heterocycles. The van der Waals surface area contributed by atoms with E-state index in [1.807, 2.05) is 13.1 Å². The van der Waals surface area contributed by atoms with Gasteiger partial charge in [-0.1, -0.05) is 6.07 Å². The SMILES string of the molecule is Cc1cnn(CCNc2cc(C(F)(F)F)nc(-c3ccccn3)n2)c1. The molecule has 3 heterocycles. The Hall–Kier alpha value is -2.97. The molecular weight excluding hydrogens is 333 g/mol. The first-order valence-corrected chi connectivity index (χ1v) is 7.52. The molecule has 1 N–H and O–H groups in total. The Morgan fingerprint density at radius 2 is 2.04 bits per heavy atom. The molecule has 25 heavy (non-hydrogen) atoms. The fraction of sp³-hybridized carbons (Fsp3) is 0.250. The Bertz CT molecular complexity index is 845. The van der Waals surface area contributed by atoms with Crippen molar-refractivity contribution in [2.24, 2.45) is 0 Å². The van der Waals surface area contributed by atoms with Gasteiger partial charge in [-0.3, -0.25) is 9.67 Å². The Labute approximate surface area is 141 Å². The third kappa shape index (κ3) is 4.31. The second-order valence-electron chi connectivity index (χ2n) is 5.38. The zero-order valence-electron chi connectivity index (χ0n) is 13.3. The minimum atomic E-state index is -4.57. The lowest BCUT2D eigenvalue weighted by Gasteiger charge is -2.11. The van der Waals surface area contributed by atoms with Crippen LogP contribution < -0.4 is 5.32 Å². The molecular formula is C16H15F3N6. The van der Waals surface area contributed by atoms with Crippen LogP contribution in [0.15, 0.2) is 42.9 Å². The van der Waals surface area contributed by atoms with Crippen LogP contribution in [0.25, 0.3) is 11.5 Å². The quantitative estimate of drug-likeness (QED) is 0.767. The van der Waals surface area contributed by atoms with E-state index in [2.05, 4.69) is 25.4 Å². The van der Waals surface area contributed by atoms with Crippen LogP contribution in [-0.2, 0) is 12.7 Å². The van der Waals surface area contributed by atoms with Gasteiger partial charge in [0.2, 0.25) is 0 Å². The summed E-state index contributed by atoms with van der Waals surface area (Å²) in [4.78, 5) is 11.7. The van der Waals surface area contributed by atoms with E-state index in [1.54, 1.807) is 29.1 Å². The molecule has 0 aliphatic heterocycles. The van der Waals surface area contributed by atoms with Crippen molar-refractivity contribution in [2.45, 2.75) is 19.6 Å². The molecule has 0 aliphatic rings. The van der Waals surface area contributed by atoms with Crippen molar-refractivity contribution in [3.8, 4) is 11.5 Å². The van der Waals surface area contributed by atoms with E-state index in [0.717, 1.165) is 11.6 Å². The summed E-state index contributed by atoms with van der Waals surface area (Å²) in [6.45, 7) is 2.78. The highest BCUT2D eigenvalue weighted by atomic mass is 19.4. The number of hydrogen-bond donors (Lipinski definition) is 1. The molecule has 6 nitrogen and oxygen atoms in total. The zero-order chi connectivity index (χ0) is 17.9. The molecule has 0 unspecified atom stereocenters. The van der Waals surface area contributed by atoms with E-state index >= 15 is 0 Å². The van der Waals surface area contributed by atoms with Gasteiger partial charge in [-0.05, 0) is 24.6 Å². The normalized spacial score (nSPS) is 11.5. The third-order valence-corrected chi connectivity index (χ3v) is 3.32. The number of halogens is 3. The number of nitrogens with zero attached hydrogens (tertiary/aromatic N) is 5. The lowest BCUT2D eigenvalue weighted by atomic mass is 10.3. The molecule has 0 bridgehead atoms. The molecule has 0 saturated carbocycles. The summed E-state index contributed by atoms with van der Waals surface area (Å²) in [6.07, 6.45) is 0.474. The average Bonchev–Trinajstić information content (AvgIpc) is 3.00. The van der Waals surface area contributed by atoms with Gasteiger partial charge < -0.3 is 5.32 Å². The first-order chi connectivity index (χ1) is 11.9. The monoisotopic (exact) mass is 348 g/mol. The standard InChI is InChI=1S/C16H15F3N6/c1-11-9-22-25(10-11)7-6-21-14-8-13(16(17,18)19)23-15(24-14)12-4-2-3-5-20-12/h2-5,8-10H,6-7H2,1H3,(H,21,23,24). The van der Waals surface area contributed by atoms with E-state index in [-0.39, 0.29) is 17.3 Å². The van der Waals surface area contributed by atoms with Crippen molar-refractivity contribution in [3.63, 3.8) is 0 Å². The number of alkyl halides is 3. The third-order valence-electron chi connectivity index (χ3n) is 3.32. The highest BCUT2D eigenvalue weighted by molar-refractivity contribution is 5.53. The van der Waals surface area contributed by atoms with Crippen LogP contribution in [-0.4, -0.2) is 31.3 Å². The number of aryl methyl sites for hydroxylation is 1. The number of nitrogens with one attached hydrogen (secondary N) is 1. The number of rotatable bonds is 5. The number of aromatic nitrogens is 5. The number of hydrogen-bond acceptors (Lipinski definition) is 5. The van der Waals surface area contributed by atoms with E-state index in [9.17, 15) is 13.2 Å². The summed E-state index contributed by atoms with van der Waals surface area (Å²) >= 11 is 0. The van der Waals surface area contributed by atoms with Crippen LogP contribution >= 0.6 is 0 Å². The van der Waals surface area contributed by atoms with Gasteiger partial charge in [0.1, 0.15) is 11.5 Å². The van der Waals surface area contributed by atoms with Crippen LogP contribution in [0.4, 0.5) is 19.0 Å². The fourth-order valence-electron chi connectivity index (χ4n) is 2.18. The summed E-state index contributed by atoms with van der Waals surface area (Å²) in [7, 11) is 0. The Morgan fingerprint density at radius 3 is 2.68 bits per heavy atom. The van der Waals surface area contributed by atoms with Crippen LogP contribution in [0, 0.1) is 6.92 Å². The van der Waals surface area contributed by atoms with E-state index < -0.39 is 11.9 Å².